The second-order valence-corrected chi connectivity index (χ2v) is 7.11. The molecule has 0 spiro atoms. The molecule has 10 nitrogen and oxygen atoms in total. The number of nitrogens with one attached hydrogen (secondary N) is 2. The zero-order valence-corrected chi connectivity index (χ0v) is 15.3. The lowest BCUT2D eigenvalue weighted by Gasteiger charge is -2.09. The Kier molecular flexibility index (Phi) is 5.03. The number of carbonyl (C=O) groups excluding carboxylic acids is 1. The first-order valence-corrected chi connectivity index (χ1v) is 9.14. The number of aryl methyl sites for hydroxylation is 1. The maximum Gasteiger partial charge on any atom is 0.263 e. The van der Waals surface area contributed by atoms with Crippen LogP contribution in [0, 0.1) is 0 Å². The van der Waals surface area contributed by atoms with Crippen LogP contribution in [0.25, 0.3) is 0 Å². The second kappa shape index (κ2) is 7.41. The number of hydrogen-bond donors (Lipinski definition) is 2. The highest BCUT2D eigenvalue weighted by Crippen LogP contribution is 2.19. The van der Waals surface area contributed by atoms with Gasteiger partial charge in [-0.3, -0.25) is 14.2 Å². The Morgan fingerprint density at radius 1 is 1.19 bits per heavy atom. The van der Waals surface area contributed by atoms with E-state index in [1.807, 2.05) is 0 Å². The predicted octanol–water partition coefficient (Wildman–Crippen LogP) is 1.27. The number of sulfonamides is 1. The summed E-state index contributed by atoms with van der Waals surface area (Å²) in [5, 5.41) is 6.60. The molecule has 0 bridgehead atoms. The van der Waals surface area contributed by atoms with E-state index >= 15 is 0 Å². The standard InChI is InChI=1S/C16H16N6O4S/c1-22-9-11(8-19-22)16(23)20-12-3-5-13(6-4-12)27(24,25)21-14-7-15(26-2)18-10-17-14/h3-10H,1-2H3,(H,20,23)(H,17,18,21). The van der Waals surface area contributed by atoms with Crippen LogP contribution in [0.15, 0.2) is 53.9 Å². The van der Waals surface area contributed by atoms with Gasteiger partial charge in [0.15, 0.2) is 0 Å². The van der Waals surface area contributed by atoms with E-state index in [0.717, 1.165) is 0 Å². The van der Waals surface area contributed by atoms with Crippen LogP contribution >= 0.6 is 0 Å². The fourth-order valence-electron chi connectivity index (χ4n) is 2.16. The number of benzene rings is 1. The summed E-state index contributed by atoms with van der Waals surface area (Å²) in [5.41, 5.74) is 0.847. The third-order valence-electron chi connectivity index (χ3n) is 3.48. The molecule has 0 saturated carbocycles. The maximum atomic E-state index is 12.4. The van der Waals surface area contributed by atoms with Crippen LogP contribution in [0.4, 0.5) is 11.5 Å². The Balaban J connectivity index is 1.72. The van der Waals surface area contributed by atoms with E-state index in [-0.39, 0.29) is 22.5 Å². The Bertz CT molecular complexity index is 1060. The first kappa shape index (κ1) is 18.3. The van der Waals surface area contributed by atoms with Crippen LogP contribution in [-0.2, 0) is 17.1 Å². The summed E-state index contributed by atoms with van der Waals surface area (Å²) >= 11 is 0. The van der Waals surface area contributed by atoms with Crippen LogP contribution in [-0.4, -0.2) is 41.2 Å². The molecule has 0 aliphatic rings. The zero-order chi connectivity index (χ0) is 19.4. The molecule has 0 aliphatic heterocycles. The van der Waals surface area contributed by atoms with Gasteiger partial charge in [0.2, 0.25) is 5.88 Å². The minimum atomic E-state index is -3.85. The summed E-state index contributed by atoms with van der Waals surface area (Å²) in [5.74, 6) is -0.0307. The quantitative estimate of drug-likeness (QED) is 0.651. The number of hydrogen-bond acceptors (Lipinski definition) is 7. The van der Waals surface area contributed by atoms with E-state index in [2.05, 4.69) is 25.1 Å². The topological polar surface area (TPSA) is 128 Å². The smallest absolute Gasteiger partial charge is 0.263 e. The highest BCUT2D eigenvalue weighted by molar-refractivity contribution is 7.92. The summed E-state index contributed by atoms with van der Waals surface area (Å²) < 4.78 is 33.7. The molecule has 11 heteroatoms. The van der Waals surface area contributed by atoms with Crippen LogP contribution in [0.3, 0.4) is 0 Å². The first-order valence-electron chi connectivity index (χ1n) is 7.66. The van der Waals surface area contributed by atoms with Gasteiger partial charge in [0.25, 0.3) is 15.9 Å². The van der Waals surface area contributed by atoms with Crippen molar-refractivity contribution >= 4 is 27.4 Å². The highest BCUT2D eigenvalue weighted by Gasteiger charge is 2.16. The normalized spacial score (nSPS) is 11.0. The Labute approximate surface area is 155 Å². The van der Waals surface area contributed by atoms with E-state index in [1.165, 1.54) is 54.6 Å². The molecule has 1 aromatic carbocycles. The van der Waals surface area contributed by atoms with Crippen molar-refractivity contribution in [2.24, 2.45) is 7.05 Å². The number of carbonyl (C=O) groups is 1. The minimum absolute atomic E-state index is 0.0134. The van der Waals surface area contributed by atoms with Crippen molar-refractivity contribution in [2.75, 3.05) is 17.1 Å². The van der Waals surface area contributed by atoms with Gasteiger partial charge in [0.1, 0.15) is 12.1 Å². The lowest BCUT2D eigenvalue weighted by Crippen LogP contribution is -2.15. The van der Waals surface area contributed by atoms with Crippen molar-refractivity contribution in [3.63, 3.8) is 0 Å². The number of rotatable bonds is 6. The number of anilines is 2. The molecule has 2 aromatic heterocycles. The molecule has 1 amide bonds. The zero-order valence-electron chi connectivity index (χ0n) is 14.4. The summed E-state index contributed by atoms with van der Waals surface area (Å²) in [7, 11) is -0.733. The van der Waals surface area contributed by atoms with Gasteiger partial charge in [0, 0.05) is 25.0 Å². The molecule has 0 aliphatic carbocycles. The van der Waals surface area contributed by atoms with Gasteiger partial charge in [-0.1, -0.05) is 0 Å². The number of ether oxygens (including phenoxy) is 1. The van der Waals surface area contributed by atoms with E-state index in [0.29, 0.717) is 11.3 Å². The largest absolute Gasteiger partial charge is 0.481 e. The van der Waals surface area contributed by atoms with Crippen molar-refractivity contribution in [3.8, 4) is 5.88 Å². The fraction of sp³-hybridized carbons (Fsp3) is 0.125. The summed E-state index contributed by atoms with van der Waals surface area (Å²) in [4.78, 5) is 19.8. The first-order chi connectivity index (χ1) is 12.9. The van der Waals surface area contributed by atoms with E-state index in [1.54, 1.807) is 13.2 Å². The van der Waals surface area contributed by atoms with Crippen molar-refractivity contribution in [2.45, 2.75) is 4.90 Å². The molecule has 0 radical (unpaired) electrons. The monoisotopic (exact) mass is 388 g/mol. The molecule has 2 N–H and O–H groups in total. The minimum Gasteiger partial charge on any atom is -0.481 e. The van der Waals surface area contributed by atoms with E-state index in [9.17, 15) is 13.2 Å². The predicted molar refractivity (Wildman–Crippen MR) is 97.0 cm³/mol. The van der Waals surface area contributed by atoms with Gasteiger partial charge in [0.05, 0.1) is 23.8 Å². The van der Waals surface area contributed by atoms with Gasteiger partial charge >= 0.3 is 0 Å². The Hall–Kier alpha value is -3.47. The number of methoxy groups -OCH3 is 1. The Morgan fingerprint density at radius 2 is 1.93 bits per heavy atom. The molecule has 0 unspecified atom stereocenters. The lowest BCUT2D eigenvalue weighted by atomic mass is 10.3. The number of nitrogens with zero attached hydrogens (tertiary/aromatic N) is 4. The van der Waals surface area contributed by atoms with Crippen molar-refractivity contribution in [3.05, 3.63) is 54.6 Å². The van der Waals surface area contributed by atoms with Crippen LogP contribution in [0.5, 0.6) is 5.88 Å². The summed E-state index contributed by atoms with van der Waals surface area (Å²) in [6, 6.07) is 7.09. The van der Waals surface area contributed by atoms with Gasteiger partial charge in [-0.2, -0.15) is 5.10 Å². The number of aromatic nitrogens is 4. The molecule has 0 atom stereocenters. The SMILES string of the molecule is COc1cc(NS(=O)(=O)c2ccc(NC(=O)c3cnn(C)c3)cc2)ncn1. The van der Waals surface area contributed by atoms with Crippen LogP contribution in [0.2, 0.25) is 0 Å². The molecule has 0 saturated heterocycles. The second-order valence-electron chi connectivity index (χ2n) is 5.43. The van der Waals surface area contributed by atoms with Gasteiger partial charge in [-0.05, 0) is 24.3 Å². The molecule has 3 aromatic rings. The molecule has 2 heterocycles. The van der Waals surface area contributed by atoms with E-state index in [4.69, 9.17) is 4.74 Å². The van der Waals surface area contributed by atoms with Gasteiger partial charge in [-0.15, -0.1) is 0 Å². The summed E-state index contributed by atoms with van der Waals surface area (Å²) in [6.45, 7) is 0. The lowest BCUT2D eigenvalue weighted by molar-refractivity contribution is 0.102. The van der Waals surface area contributed by atoms with Crippen molar-refractivity contribution < 1.29 is 17.9 Å². The maximum absolute atomic E-state index is 12.4. The van der Waals surface area contributed by atoms with E-state index < -0.39 is 10.0 Å². The molecule has 3 rings (SSSR count). The fourth-order valence-corrected chi connectivity index (χ4v) is 3.16. The average Bonchev–Trinajstić information content (AvgIpc) is 3.08. The molecular weight excluding hydrogens is 372 g/mol. The molecule has 140 valence electrons. The van der Waals surface area contributed by atoms with Crippen LogP contribution < -0.4 is 14.8 Å². The van der Waals surface area contributed by atoms with Gasteiger partial charge < -0.3 is 10.1 Å². The summed E-state index contributed by atoms with van der Waals surface area (Å²) in [6.07, 6.45) is 4.20. The third kappa shape index (κ3) is 4.39. The third-order valence-corrected chi connectivity index (χ3v) is 4.85. The Morgan fingerprint density at radius 3 is 2.56 bits per heavy atom. The molecular formula is C16H16N6O4S. The highest BCUT2D eigenvalue weighted by atomic mass is 32.2. The molecule has 0 fully saturated rings. The van der Waals surface area contributed by atoms with Crippen LogP contribution in [0.1, 0.15) is 10.4 Å². The van der Waals surface area contributed by atoms with Crippen molar-refractivity contribution in [1.82, 2.24) is 19.7 Å². The van der Waals surface area contributed by atoms with Crippen molar-refractivity contribution in [1.29, 1.82) is 0 Å². The average molecular weight is 388 g/mol. The molecule has 27 heavy (non-hydrogen) atoms. The number of amides is 1. The van der Waals surface area contributed by atoms with Gasteiger partial charge in [-0.25, -0.2) is 18.4 Å².